The minimum Gasteiger partial charge on any atom is -0.388 e. The average molecular weight is 214 g/mol. The first-order chi connectivity index (χ1) is 5.88. The number of hydrogen-bond donors (Lipinski definition) is 4. The summed E-state index contributed by atoms with van der Waals surface area (Å²) in [6.07, 6.45) is -2.91. The maximum absolute atomic E-state index is 10.2. The highest BCUT2D eigenvalue weighted by molar-refractivity contribution is 7.46. The topological polar surface area (TPSA) is 116 Å². The summed E-state index contributed by atoms with van der Waals surface area (Å²) in [5.41, 5.74) is 0. The third-order valence-electron chi connectivity index (χ3n) is 1.59. The molecule has 0 saturated carbocycles. The second-order valence-electron chi connectivity index (χ2n) is 2.74. The number of aliphatic hydroxyl groups excluding tert-OH is 2. The van der Waals surface area contributed by atoms with Gasteiger partial charge >= 0.3 is 7.82 Å². The maximum Gasteiger partial charge on any atom is 0.469 e. The molecule has 0 aromatic rings. The third-order valence-corrected chi connectivity index (χ3v) is 2.08. The van der Waals surface area contributed by atoms with E-state index in [4.69, 9.17) is 24.7 Å². The molecule has 0 aromatic heterocycles. The minimum absolute atomic E-state index is 0.0984. The number of hydrogen-bond acceptors (Lipinski definition) is 5. The molecule has 7 nitrogen and oxygen atoms in total. The van der Waals surface area contributed by atoms with E-state index in [1.54, 1.807) is 0 Å². The van der Waals surface area contributed by atoms with Gasteiger partial charge in [-0.3, -0.25) is 4.52 Å². The maximum atomic E-state index is 10.2. The molecular formula is C5H11O7P. The zero-order valence-electron chi connectivity index (χ0n) is 6.61. The predicted octanol–water partition coefficient (Wildman–Crippen LogP) is -1.44. The van der Waals surface area contributed by atoms with E-state index >= 15 is 0 Å². The Labute approximate surface area is 74.1 Å². The molecule has 78 valence electrons. The van der Waals surface area contributed by atoms with Crippen molar-refractivity contribution in [1.29, 1.82) is 0 Å². The van der Waals surface area contributed by atoms with Crippen LogP contribution in [0.1, 0.15) is 6.42 Å². The fourth-order valence-electron chi connectivity index (χ4n) is 1.02. The van der Waals surface area contributed by atoms with Gasteiger partial charge in [0.2, 0.25) is 0 Å². The Morgan fingerprint density at radius 1 is 1.46 bits per heavy atom. The molecule has 0 amide bonds. The summed E-state index contributed by atoms with van der Waals surface area (Å²) >= 11 is 0. The predicted molar refractivity (Wildman–Crippen MR) is 39.5 cm³/mol. The van der Waals surface area contributed by atoms with Crippen LogP contribution in [-0.2, 0) is 13.8 Å². The van der Waals surface area contributed by atoms with Gasteiger partial charge in [0.25, 0.3) is 0 Å². The van der Waals surface area contributed by atoms with Crippen LogP contribution in [0.4, 0.5) is 0 Å². The number of rotatable bonds is 3. The normalized spacial score (nSPS) is 35.2. The Balaban J connectivity index is 2.29. The highest BCUT2D eigenvalue weighted by Crippen LogP contribution is 2.36. The van der Waals surface area contributed by atoms with Crippen molar-refractivity contribution in [3.8, 4) is 0 Å². The van der Waals surface area contributed by atoms with Gasteiger partial charge in [-0.2, -0.15) is 0 Å². The Hall–Kier alpha value is -0.0100. The van der Waals surface area contributed by atoms with E-state index < -0.39 is 26.3 Å². The first kappa shape index (κ1) is 11.1. The monoisotopic (exact) mass is 214 g/mol. The molecule has 0 bridgehead atoms. The lowest BCUT2D eigenvalue weighted by Gasteiger charge is -2.10. The molecule has 1 heterocycles. The molecule has 1 fully saturated rings. The summed E-state index contributed by atoms with van der Waals surface area (Å²) in [5, 5.41) is 17.8. The van der Waals surface area contributed by atoms with E-state index in [1.807, 2.05) is 0 Å². The van der Waals surface area contributed by atoms with Gasteiger partial charge < -0.3 is 24.7 Å². The first-order valence-corrected chi connectivity index (χ1v) is 5.13. The van der Waals surface area contributed by atoms with Crippen LogP contribution >= 0.6 is 7.82 Å². The lowest BCUT2D eigenvalue weighted by atomic mass is 10.2. The summed E-state index contributed by atoms with van der Waals surface area (Å²) in [5.74, 6) is 0. The highest BCUT2D eigenvalue weighted by atomic mass is 31.2. The average Bonchev–Trinajstić information content (AvgIpc) is 2.27. The molecule has 1 rings (SSSR count). The van der Waals surface area contributed by atoms with E-state index in [-0.39, 0.29) is 13.0 Å². The standard InChI is InChI=1S/C5H11O7P/c6-4-1-3(12-5(4)7)2-11-13(8,9)10/h3-7H,1-2H2,(H2,8,9,10)/t3-,4-,5?/m0/s1. The quantitative estimate of drug-likeness (QED) is 0.425. The number of ether oxygens (including phenoxy) is 1. The summed E-state index contributed by atoms with van der Waals surface area (Å²) in [4.78, 5) is 16.6. The molecule has 4 N–H and O–H groups in total. The van der Waals surface area contributed by atoms with E-state index in [2.05, 4.69) is 4.52 Å². The first-order valence-electron chi connectivity index (χ1n) is 3.60. The van der Waals surface area contributed by atoms with Crippen molar-refractivity contribution in [3.63, 3.8) is 0 Å². The molecule has 0 spiro atoms. The molecule has 1 aliphatic rings. The minimum atomic E-state index is -4.50. The van der Waals surface area contributed by atoms with Crippen molar-refractivity contribution >= 4 is 7.82 Å². The summed E-state index contributed by atoms with van der Waals surface area (Å²) in [6.45, 7) is -0.349. The van der Waals surface area contributed by atoms with Crippen LogP contribution in [-0.4, -0.2) is 45.1 Å². The van der Waals surface area contributed by atoms with Crippen LogP contribution in [0.5, 0.6) is 0 Å². The zero-order valence-corrected chi connectivity index (χ0v) is 7.50. The smallest absolute Gasteiger partial charge is 0.388 e. The molecule has 8 heteroatoms. The molecule has 1 unspecified atom stereocenters. The van der Waals surface area contributed by atoms with Gasteiger partial charge in [-0.15, -0.1) is 0 Å². The van der Waals surface area contributed by atoms with Gasteiger partial charge in [-0.05, 0) is 0 Å². The fourth-order valence-corrected chi connectivity index (χ4v) is 1.38. The third kappa shape index (κ3) is 3.70. The van der Waals surface area contributed by atoms with E-state index in [1.165, 1.54) is 0 Å². The van der Waals surface area contributed by atoms with Crippen molar-refractivity contribution in [1.82, 2.24) is 0 Å². The lowest BCUT2D eigenvalue weighted by molar-refractivity contribution is -0.132. The zero-order chi connectivity index (χ0) is 10.1. The Kier molecular flexibility index (Phi) is 3.42. The van der Waals surface area contributed by atoms with Crippen LogP contribution in [0.3, 0.4) is 0 Å². The number of aliphatic hydroxyl groups is 2. The molecular weight excluding hydrogens is 203 g/mol. The van der Waals surface area contributed by atoms with Crippen LogP contribution in [0.15, 0.2) is 0 Å². The van der Waals surface area contributed by atoms with E-state index in [0.29, 0.717) is 0 Å². The van der Waals surface area contributed by atoms with Gasteiger partial charge in [0, 0.05) is 6.42 Å². The largest absolute Gasteiger partial charge is 0.469 e. The number of phosphoric ester groups is 1. The Bertz CT molecular complexity index is 203. The summed E-state index contributed by atoms with van der Waals surface area (Å²) < 4.78 is 19.1. The molecule has 0 aromatic carbocycles. The molecule has 3 atom stereocenters. The lowest BCUT2D eigenvalue weighted by Crippen LogP contribution is -2.19. The van der Waals surface area contributed by atoms with Crippen LogP contribution in [0, 0.1) is 0 Å². The highest BCUT2D eigenvalue weighted by Gasteiger charge is 2.33. The van der Waals surface area contributed by atoms with Crippen LogP contribution in [0.25, 0.3) is 0 Å². The van der Waals surface area contributed by atoms with E-state index in [9.17, 15) is 4.57 Å². The molecule has 1 aliphatic heterocycles. The SMILES string of the molecule is O=P(O)(O)OC[C@@H]1C[C@H](O)C(O)O1. The van der Waals surface area contributed by atoms with Gasteiger partial charge in [0.1, 0.15) is 6.10 Å². The summed E-state index contributed by atoms with van der Waals surface area (Å²) in [7, 11) is -4.50. The van der Waals surface area contributed by atoms with Crippen LogP contribution in [0.2, 0.25) is 0 Å². The summed E-state index contributed by atoms with van der Waals surface area (Å²) in [6, 6.07) is 0. The van der Waals surface area contributed by atoms with Crippen molar-refractivity contribution < 1.29 is 33.8 Å². The van der Waals surface area contributed by atoms with Gasteiger partial charge in [-0.25, -0.2) is 4.57 Å². The van der Waals surface area contributed by atoms with Crippen LogP contribution < -0.4 is 0 Å². The molecule has 1 saturated heterocycles. The molecule has 13 heavy (non-hydrogen) atoms. The van der Waals surface area contributed by atoms with Crippen molar-refractivity contribution in [3.05, 3.63) is 0 Å². The van der Waals surface area contributed by atoms with Gasteiger partial charge in [0.05, 0.1) is 12.7 Å². The Morgan fingerprint density at radius 2 is 2.08 bits per heavy atom. The Morgan fingerprint density at radius 3 is 2.46 bits per heavy atom. The van der Waals surface area contributed by atoms with Crippen molar-refractivity contribution in [2.45, 2.75) is 24.9 Å². The van der Waals surface area contributed by atoms with Crippen molar-refractivity contribution in [2.75, 3.05) is 6.61 Å². The van der Waals surface area contributed by atoms with E-state index in [0.717, 1.165) is 0 Å². The second-order valence-corrected chi connectivity index (χ2v) is 3.98. The van der Waals surface area contributed by atoms with Gasteiger partial charge in [0.15, 0.2) is 6.29 Å². The number of phosphoric acid groups is 1. The second kappa shape index (κ2) is 4.02. The molecule has 0 aliphatic carbocycles. The fraction of sp³-hybridized carbons (Fsp3) is 1.00. The molecule has 0 radical (unpaired) electrons. The van der Waals surface area contributed by atoms with Gasteiger partial charge in [-0.1, -0.05) is 0 Å². The van der Waals surface area contributed by atoms with Crippen molar-refractivity contribution in [2.24, 2.45) is 0 Å².